The molecule has 0 saturated heterocycles. The van der Waals surface area contributed by atoms with E-state index in [1.807, 2.05) is 0 Å². The van der Waals surface area contributed by atoms with E-state index in [4.69, 9.17) is 17.0 Å². The first-order valence-corrected chi connectivity index (χ1v) is 1.36. The smallest absolute Gasteiger partial charge is 0.214 e. The summed E-state index contributed by atoms with van der Waals surface area (Å²) in [6.07, 6.45) is 0. The molecule has 2 nitrogen and oxygen atoms in total. The van der Waals surface area contributed by atoms with Crippen LogP contribution in [0.5, 0.6) is 0 Å². The van der Waals surface area contributed by atoms with Gasteiger partial charge < -0.3 is 0 Å². The topological polar surface area (TPSA) is 36.2 Å². The Labute approximate surface area is 35.0 Å². The Hall–Kier alpha value is -0.370. The van der Waals surface area contributed by atoms with E-state index in [1.54, 1.807) is 0 Å². The number of halogens is 1. The Bertz CT molecular complexity index is 58.7. The zero-order chi connectivity index (χ0) is 4.28. The lowest BCUT2D eigenvalue weighted by atomic mass is 11.3. The first-order chi connectivity index (χ1) is 2.27. The number of hydrogen-bond donors (Lipinski definition) is 1. The molecule has 3 heteroatoms. The minimum Gasteiger partial charge on any atom is -0.272 e. The fraction of sp³-hybridized carbons (Fsp3) is 0. The van der Waals surface area contributed by atoms with Gasteiger partial charge in [0.05, 0.1) is 0 Å². The van der Waals surface area contributed by atoms with Gasteiger partial charge in [-0.3, -0.25) is 5.41 Å². The summed E-state index contributed by atoms with van der Waals surface area (Å²) in [4.78, 5) is 2.99. The highest BCUT2D eigenvalue weighted by Crippen LogP contribution is 1.74. The zero-order valence-electron chi connectivity index (χ0n) is 2.53. The summed E-state index contributed by atoms with van der Waals surface area (Å²) >= 11 is 4.82. The molecule has 0 aromatic heterocycles. The first-order valence-electron chi connectivity index (χ1n) is 0.979. The molecule has 0 aromatic rings. The second kappa shape index (κ2) is 1.91. The normalized spacial score (nSPS) is 6.60. The summed E-state index contributed by atoms with van der Waals surface area (Å²) in [6, 6.07) is 0. The Morgan fingerprint density at radius 3 is 2.20 bits per heavy atom. The maximum absolute atomic E-state index is 6.28. The highest BCUT2D eigenvalue weighted by molar-refractivity contribution is 6.64. The van der Waals surface area contributed by atoms with E-state index in [1.165, 1.54) is 0 Å². The Kier molecular flexibility index (Phi) is 1.76. The van der Waals surface area contributed by atoms with Gasteiger partial charge >= 0.3 is 0 Å². The lowest BCUT2D eigenvalue weighted by Gasteiger charge is -1.66. The van der Waals surface area contributed by atoms with Crippen LogP contribution in [0.3, 0.4) is 0 Å². The molecule has 0 amide bonds. The van der Waals surface area contributed by atoms with Gasteiger partial charge in [0.1, 0.15) is 0 Å². The molecule has 0 heterocycles. The van der Waals surface area contributed by atoms with Crippen LogP contribution in [0, 0.1) is 5.41 Å². The lowest BCUT2D eigenvalue weighted by molar-refractivity contribution is 1.51. The van der Waals surface area contributed by atoms with Crippen LogP contribution in [-0.2, 0) is 0 Å². The molecule has 0 aliphatic heterocycles. The summed E-state index contributed by atoms with van der Waals surface area (Å²) in [5, 5.41) is 6.02. The molecular formula is C2H3ClN2. The number of hydrogen-bond acceptors (Lipinski definition) is 1. The molecular weight excluding hydrogens is 87.5 g/mol. The van der Waals surface area contributed by atoms with Crippen LogP contribution in [0.25, 0.3) is 0 Å². The monoisotopic (exact) mass is 90.0 g/mol. The molecule has 0 fully saturated rings. The SMILES string of the molecule is C=NC(=N)Cl. The van der Waals surface area contributed by atoms with Crippen molar-refractivity contribution in [1.29, 1.82) is 5.41 Å². The molecule has 28 valence electrons. The third kappa shape index (κ3) is 3.63. The van der Waals surface area contributed by atoms with Crippen LogP contribution in [0.1, 0.15) is 0 Å². The van der Waals surface area contributed by atoms with Gasteiger partial charge in [-0.25, -0.2) is 4.99 Å². The molecule has 0 spiro atoms. The molecule has 0 aromatic carbocycles. The largest absolute Gasteiger partial charge is 0.272 e. The van der Waals surface area contributed by atoms with E-state index < -0.39 is 0 Å². The van der Waals surface area contributed by atoms with E-state index in [9.17, 15) is 0 Å². The molecule has 0 saturated carbocycles. The van der Waals surface area contributed by atoms with Gasteiger partial charge in [-0.05, 0) is 18.3 Å². The highest BCUT2D eigenvalue weighted by atomic mass is 35.5. The van der Waals surface area contributed by atoms with Crippen molar-refractivity contribution in [2.75, 3.05) is 0 Å². The number of nitrogens with zero attached hydrogens (tertiary/aromatic N) is 1. The highest BCUT2D eigenvalue weighted by Gasteiger charge is 1.68. The van der Waals surface area contributed by atoms with Gasteiger partial charge in [-0.15, -0.1) is 0 Å². The van der Waals surface area contributed by atoms with Crippen molar-refractivity contribution >= 4 is 23.6 Å². The predicted molar refractivity (Wildman–Crippen MR) is 23.1 cm³/mol. The minimum atomic E-state index is -0.259. The maximum atomic E-state index is 6.28. The fourth-order valence-corrected chi connectivity index (χ4v) is 0. The Morgan fingerprint density at radius 2 is 2.20 bits per heavy atom. The summed E-state index contributed by atoms with van der Waals surface area (Å²) < 4.78 is 0. The van der Waals surface area contributed by atoms with Gasteiger partial charge in [-0.1, -0.05) is 0 Å². The van der Waals surface area contributed by atoms with Crippen molar-refractivity contribution in [2.24, 2.45) is 4.99 Å². The predicted octanol–water partition coefficient (Wildman–Crippen LogP) is 0.861. The second-order valence-corrected chi connectivity index (χ2v) is 0.807. The molecule has 0 unspecified atom stereocenters. The first kappa shape index (κ1) is 4.63. The average molecular weight is 90.5 g/mol. The van der Waals surface area contributed by atoms with Gasteiger partial charge in [0.15, 0.2) is 0 Å². The Balaban J connectivity index is 3.20. The van der Waals surface area contributed by atoms with Gasteiger partial charge in [0.25, 0.3) is 0 Å². The van der Waals surface area contributed by atoms with Crippen LogP contribution in [-0.4, -0.2) is 12.0 Å². The standard InChI is InChI=1S/C2H3ClN2/c1-5-2(3)4/h4H,1H2. The minimum absolute atomic E-state index is 0.259. The molecule has 0 aliphatic carbocycles. The van der Waals surface area contributed by atoms with E-state index in [2.05, 4.69) is 11.7 Å². The van der Waals surface area contributed by atoms with Crippen molar-refractivity contribution in [2.45, 2.75) is 0 Å². The summed E-state index contributed by atoms with van der Waals surface area (Å²) in [6.45, 7) is 2.95. The van der Waals surface area contributed by atoms with Crippen molar-refractivity contribution in [1.82, 2.24) is 0 Å². The van der Waals surface area contributed by atoms with E-state index in [0.717, 1.165) is 0 Å². The van der Waals surface area contributed by atoms with Crippen molar-refractivity contribution in [3.05, 3.63) is 0 Å². The van der Waals surface area contributed by atoms with Crippen LogP contribution in [0.15, 0.2) is 4.99 Å². The van der Waals surface area contributed by atoms with Crippen LogP contribution in [0.2, 0.25) is 0 Å². The second-order valence-electron chi connectivity index (χ2n) is 0.449. The van der Waals surface area contributed by atoms with Crippen LogP contribution in [0.4, 0.5) is 0 Å². The Morgan fingerprint density at radius 1 is 2.00 bits per heavy atom. The van der Waals surface area contributed by atoms with Crippen LogP contribution < -0.4 is 0 Å². The number of rotatable bonds is 0. The third-order valence-corrected chi connectivity index (χ3v) is 0.258. The van der Waals surface area contributed by atoms with Crippen molar-refractivity contribution in [3.8, 4) is 0 Å². The summed E-state index contributed by atoms with van der Waals surface area (Å²) in [7, 11) is 0. The van der Waals surface area contributed by atoms with Crippen molar-refractivity contribution < 1.29 is 0 Å². The van der Waals surface area contributed by atoms with Gasteiger partial charge in [0.2, 0.25) is 5.29 Å². The lowest BCUT2D eigenvalue weighted by Crippen LogP contribution is -1.66. The molecule has 0 bridgehead atoms. The van der Waals surface area contributed by atoms with Gasteiger partial charge in [0, 0.05) is 0 Å². The van der Waals surface area contributed by atoms with E-state index >= 15 is 0 Å². The number of aliphatic imine (C=N–C) groups is 1. The van der Waals surface area contributed by atoms with Crippen LogP contribution >= 0.6 is 11.6 Å². The molecule has 0 aliphatic rings. The average Bonchev–Trinajstić information content (AvgIpc) is 1.38. The summed E-state index contributed by atoms with van der Waals surface area (Å²) in [5.41, 5.74) is 0. The summed E-state index contributed by atoms with van der Waals surface area (Å²) in [5.74, 6) is 0. The molecule has 1 N–H and O–H groups in total. The van der Waals surface area contributed by atoms with Gasteiger partial charge in [-0.2, -0.15) is 0 Å². The number of nitrogens with one attached hydrogen (secondary N) is 1. The zero-order valence-corrected chi connectivity index (χ0v) is 3.29. The molecule has 0 rings (SSSR count). The molecule has 0 atom stereocenters. The fourth-order valence-electron chi connectivity index (χ4n) is 0. The van der Waals surface area contributed by atoms with Crippen molar-refractivity contribution in [3.63, 3.8) is 0 Å². The third-order valence-electron chi connectivity index (χ3n) is 0.139. The number of amidine groups is 1. The quantitative estimate of drug-likeness (QED) is 0.260. The van der Waals surface area contributed by atoms with E-state index in [-0.39, 0.29) is 5.29 Å². The van der Waals surface area contributed by atoms with E-state index in [0.29, 0.717) is 0 Å². The molecule has 0 radical (unpaired) electrons. The maximum Gasteiger partial charge on any atom is 0.214 e. The molecule has 5 heavy (non-hydrogen) atoms.